The molecule has 136 valence electrons. The van der Waals surface area contributed by atoms with E-state index in [4.69, 9.17) is 4.74 Å². The molecule has 4 rings (SSSR count). The Balaban J connectivity index is 1.30. The molecule has 1 saturated carbocycles. The summed E-state index contributed by atoms with van der Waals surface area (Å²) in [5.74, 6) is 0.624. The molecule has 3 fully saturated rings. The summed E-state index contributed by atoms with van der Waals surface area (Å²) >= 11 is 0. The summed E-state index contributed by atoms with van der Waals surface area (Å²) in [4.78, 5) is 19.3. The fourth-order valence-electron chi connectivity index (χ4n) is 4.78. The summed E-state index contributed by atoms with van der Waals surface area (Å²) in [7, 11) is 0. The van der Waals surface area contributed by atoms with Gasteiger partial charge in [0, 0.05) is 38.1 Å². The van der Waals surface area contributed by atoms with Gasteiger partial charge in [-0.2, -0.15) is 0 Å². The number of carbonyl (C=O) groups excluding carboxylic acids is 1. The lowest BCUT2D eigenvalue weighted by molar-refractivity contribution is -0.140. The lowest BCUT2D eigenvalue weighted by atomic mass is 9.82. The zero-order valence-corrected chi connectivity index (χ0v) is 14.9. The van der Waals surface area contributed by atoms with Gasteiger partial charge in [-0.3, -0.25) is 14.7 Å². The molecule has 0 bridgehead atoms. The highest BCUT2D eigenvalue weighted by atomic mass is 16.5. The molecule has 1 aromatic heterocycles. The molecule has 25 heavy (non-hydrogen) atoms. The van der Waals surface area contributed by atoms with Crippen molar-refractivity contribution >= 4 is 5.91 Å². The van der Waals surface area contributed by atoms with Crippen LogP contribution in [0.1, 0.15) is 44.1 Å². The van der Waals surface area contributed by atoms with E-state index < -0.39 is 0 Å². The molecular weight excluding hydrogens is 314 g/mol. The number of aromatic nitrogens is 1. The van der Waals surface area contributed by atoms with Crippen LogP contribution >= 0.6 is 0 Å². The van der Waals surface area contributed by atoms with E-state index in [9.17, 15) is 4.79 Å². The maximum Gasteiger partial charge on any atom is 0.225 e. The molecule has 1 aliphatic carbocycles. The zero-order valence-electron chi connectivity index (χ0n) is 14.9. The predicted molar refractivity (Wildman–Crippen MR) is 95.9 cm³/mol. The van der Waals surface area contributed by atoms with E-state index in [2.05, 4.69) is 15.2 Å². The monoisotopic (exact) mass is 343 g/mol. The Labute approximate surface area is 150 Å². The second-order valence-corrected chi connectivity index (χ2v) is 7.87. The van der Waals surface area contributed by atoms with E-state index in [1.165, 1.54) is 32.2 Å². The lowest BCUT2D eigenvalue weighted by Crippen LogP contribution is -2.52. The van der Waals surface area contributed by atoms with Gasteiger partial charge in [0.1, 0.15) is 0 Å². The van der Waals surface area contributed by atoms with Crippen molar-refractivity contribution in [3.63, 3.8) is 0 Å². The summed E-state index contributed by atoms with van der Waals surface area (Å²) in [5.41, 5.74) is 1.04. The number of piperidine rings is 1. The van der Waals surface area contributed by atoms with Crippen molar-refractivity contribution in [1.82, 2.24) is 15.2 Å². The minimum atomic E-state index is -0.0125. The van der Waals surface area contributed by atoms with Gasteiger partial charge in [-0.05, 0) is 43.2 Å². The van der Waals surface area contributed by atoms with Gasteiger partial charge < -0.3 is 10.1 Å². The molecule has 3 heterocycles. The standard InChI is InChI=1S/C20H29N3O2/c24-20(22-12-15-4-3-8-21-11-15)17-10-16-13-23(18-5-1-2-6-18)9-7-19(16)25-14-17/h3-4,8,11,16-19H,1-2,5-7,9-10,12-14H2,(H,22,24)/t16-,17-,19+/m1/s1. The molecule has 0 unspecified atom stereocenters. The first-order chi connectivity index (χ1) is 12.3. The Morgan fingerprint density at radius 2 is 2.20 bits per heavy atom. The van der Waals surface area contributed by atoms with E-state index >= 15 is 0 Å². The van der Waals surface area contributed by atoms with Crippen LogP contribution in [0.3, 0.4) is 0 Å². The highest BCUT2D eigenvalue weighted by Crippen LogP contribution is 2.34. The Hall–Kier alpha value is -1.46. The predicted octanol–water partition coefficient (Wildman–Crippen LogP) is 2.37. The first kappa shape index (κ1) is 17.0. The Kier molecular flexibility index (Phi) is 5.32. The number of nitrogens with zero attached hydrogens (tertiary/aromatic N) is 2. The van der Waals surface area contributed by atoms with Crippen LogP contribution in [0, 0.1) is 11.8 Å². The summed E-state index contributed by atoms with van der Waals surface area (Å²) in [6.07, 6.45) is 11.5. The van der Waals surface area contributed by atoms with Crippen LogP contribution in [0.2, 0.25) is 0 Å². The van der Waals surface area contributed by atoms with Crippen molar-refractivity contribution in [2.75, 3.05) is 19.7 Å². The summed E-state index contributed by atoms with van der Waals surface area (Å²) in [6, 6.07) is 4.66. The summed E-state index contributed by atoms with van der Waals surface area (Å²) in [5, 5.41) is 3.06. The Morgan fingerprint density at radius 1 is 1.32 bits per heavy atom. The maximum absolute atomic E-state index is 12.6. The molecule has 0 spiro atoms. The van der Waals surface area contributed by atoms with Crippen molar-refractivity contribution in [3.05, 3.63) is 30.1 Å². The smallest absolute Gasteiger partial charge is 0.225 e. The van der Waals surface area contributed by atoms with Crippen LogP contribution in [-0.4, -0.2) is 47.6 Å². The van der Waals surface area contributed by atoms with Gasteiger partial charge >= 0.3 is 0 Å². The number of fused-ring (bicyclic) bond motifs is 1. The van der Waals surface area contributed by atoms with Crippen LogP contribution in [0.25, 0.3) is 0 Å². The number of amides is 1. The second-order valence-electron chi connectivity index (χ2n) is 7.87. The first-order valence-corrected chi connectivity index (χ1v) is 9.82. The number of rotatable bonds is 4. The Bertz CT molecular complexity index is 574. The number of likely N-dealkylation sites (tertiary alicyclic amines) is 1. The van der Waals surface area contributed by atoms with Crippen LogP contribution in [0.4, 0.5) is 0 Å². The van der Waals surface area contributed by atoms with E-state index in [1.54, 1.807) is 12.4 Å². The van der Waals surface area contributed by atoms with E-state index in [1.807, 2.05) is 12.1 Å². The highest BCUT2D eigenvalue weighted by molar-refractivity contribution is 5.78. The van der Waals surface area contributed by atoms with Crippen molar-refractivity contribution in [3.8, 4) is 0 Å². The number of ether oxygens (including phenoxy) is 1. The summed E-state index contributed by atoms with van der Waals surface area (Å²) in [6.45, 7) is 3.40. The van der Waals surface area contributed by atoms with E-state index in [-0.39, 0.29) is 11.8 Å². The fourth-order valence-corrected chi connectivity index (χ4v) is 4.78. The third-order valence-electron chi connectivity index (χ3n) is 6.20. The number of hydrogen-bond donors (Lipinski definition) is 1. The minimum Gasteiger partial charge on any atom is -0.377 e. The van der Waals surface area contributed by atoms with Gasteiger partial charge in [-0.25, -0.2) is 0 Å². The van der Waals surface area contributed by atoms with Gasteiger partial charge in [0.15, 0.2) is 0 Å². The van der Waals surface area contributed by atoms with E-state index in [0.717, 1.165) is 31.0 Å². The molecule has 3 atom stereocenters. The number of carbonyl (C=O) groups is 1. The Morgan fingerprint density at radius 3 is 3.00 bits per heavy atom. The van der Waals surface area contributed by atoms with Gasteiger partial charge in [-0.1, -0.05) is 18.9 Å². The molecular formula is C20H29N3O2. The average Bonchev–Trinajstić information content (AvgIpc) is 3.21. The lowest BCUT2D eigenvalue weighted by Gasteiger charge is -2.45. The van der Waals surface area contributed by atoms with Gasteiger partial charge in [0.2, 0.25) is 5.91 Å². The van der Waals surface area contributed by atoms with Gasteiger partial charge in [0.25, 0.3) is 0 Å². The third kappa shape index (κ3) is 4.04. The largest absolute Gasteiger partial charge is 0.377 e. The van der Waals surface area contributed by atoms with Crippen LogP contribution in [-0.2, 0) is 16.1 Å². The normalized spacial score (nSPS) is 30.8. The minimum absolute atomic E-state index is 0.0125. The van der Waals surface area contributed by atoms with Crippen LogP contribution in [0.15, 0.2) is 24.5 Å². The number of pyridine rings is 1. The first-order valence-electron chi connectivity index (χ1n) is 9.82. The van der Waals surface area contributed by atoms with Crippen LogP contribution in [0.5, 0.6) is 0 Å². The molecule has 0 aromatic carbocycles. The molecule has 3 aliphatic rings. The molecule has 2 saturated heterocycles. The van der Waals surface area contributed by atoms with Crippen molar-refractivity contribution in [2.24, 2.45) is 11.8 Å². The maximum atomic E-state index is 12.6. The van der Waals surface area contributed by atoms with E-state index in [0.29, 0.717) is 25.2 Å². The number of hydrogen-bond acceptors (Lipinski definition) is 4. The molecule has 5 nitrogen and oxygen atoms in total. The quantitative estimate of drug-likeness (QED) is 0.912. The topological polar surface area (TPSA) is 54.5 Å². The molecule has 2 aliphatic heterocycles. The van der Waals surface area contributed by atoms with Crippen LogP contribution < -0.4 is 5.32 Å². The molecule has 1 amide bonds. The van der Waals surface area contributed by atoms with Gasteiger partial charge in [-0.15, -0.1) is 0 Å². The zero-order chi connectivity index (χ0) is 17.1. The number of nitrogens with one attached hydrogen (secondary N) is 1. The summed E-state index contributed by atoms with van der Waals surface area (Å²) < 4.78 is 6.08. The molecule has 1 aromatic rings. The van der Waals surface area contributed by atoms with Crippen molar-refractivity contribution < 1.29 is 9.53 Å². The molecule has 1 N–H and O–H groups in total. The fraction of sp³-hybridized carbons (Fsp3) is 0.700. The molecule has 5 heteroatoms. The third-order valence-corrected chi connectivity index (χ3v) is 6.20. The SMILES string of the molecule is O=C(NCc1cccnc1)[C@H]1CO[C@H]2CCN(C3CCCC3)C[C@H]2C1. The van der Waals surface area contributed by atoms with Crippen molar-refractivity contribution in [2.45, 2.75) is 57.2 Å². The van der Waals surface area contributed by atoms with Gasteiger partial charge in [0.05, 0.1) is 18.6 Å². The second kappa shape index (κ2) is 7.83. The average molecular weight is 343 g/mol. The van der Waals surface area contributed by atoms with Crippen molar-refractivity contribution in [1.29, 1.82) is 0 Å². The highest BCUT2D eigenvalue weighted by Gasteiger charge is 2.39. The molecule has 0 radical (unpaired) electrons.